The van der Waals surface area contributed by atoms with Crippen LogP contribution in [0.1, 0.15) is 31.9 Å². The van der Waals surface area contributed by atoms with Crippen molar-refractivity contribution in [1.82, 2.24) is 9.97 Å². The number of carbonyl (C=O) groups is 1. The fourth-order valence-corrected chi connectivity index (χ4v) is 1.54. The van der Waals surface area contributed by atoms with Crippen LogP contribution in [-0.4, -0.2) is 36.2 Å². The molecule has 1 heterocycles. The van der Waals surface area contributed by atoms with E-state index >= 15 is 0 Å². The molecule has 0 spiro atoms. The Morgan fingerprint density at radius 2 is 2.10 bits per heavy atom. The number of unbranched alkanes of at least 4 members (excludes halogenated alkanes) is 1. The fourth-order valence-electron chi connectivity index (χ4n) is 1.54. The lowest BCUT2D eigenvalue weighted by atomic mass is 10.2. The first-order valence-electron chi connectivity index (χ1n) is 6.64. The SMILES string of the molecule is CCCCC(=O)Nc1c(C)nc(OCCOC)nc1N. The van der Waals surface area contributed by atoms with Crippen LogP contribution in [0.3, 0.4) is 0 Å². The molecule has 0 saturated heterocycles. The molecule has 1 amide bonds. The third-order valence-corrected chi connectivity index (χ3v) is 2.64. The maximum Gasteiger partial charge on any atom is 0.318 e. The van der Waals surface area contributed by atoms with Crippen LogP contribution in [0.25, 0.3) is 0 Å². The van der Waals surface area contributed by atoms with Crippen molar-refractivity contribution in [1.29, 1.82) is 0 Å². The highest BCUT2D eigenvalue weighted by Crippen LogP contribution is 2.22. The van der Waals surface area contributed by atoms with Crippen molar-refractivity contribution in [2.24, 2.45) is 0 Å². The highest BCUT2D eigenvalue weighted by atomic mass is 16.5. The zero-order valence-corrected chi connectivity index (χ0v) is 12.2. The molecule has 0 aromatic carbocycles. The van der Waals surface area contributed by atoms with Gasteiger partial charge in [-0.15, -0.1) is 0 Å². The van der Waals surface area contributed by atoms with Gasteiger partial charge in [0.25, 0.3) is 0 Å². The summed E-state index contributed by atoms with van der Waals surface area (Å²) < 4.78 is 10.2. The van der Waals surface area contributed by atoms with E-state index in [9.17, 15) is 4.79 Å². The zero-order valence-electron chi connectivity index (χ0n) is 12.2. The molecular weight excluding hydrogens is 260 g/mol. The molecule has 0 aliphatic heterocycles. The topological polar surface area (TPSA) is 99.4 Å². The first-order chi connectivity index (χ1) is 9.58. The van der Waals surface area contributed by atoms with Crippen LogP contribution in [0, 0.1) is 6.92 Å². The summed E-state index contributed by atoms with van der Waals surface area (Å²) in [5, 5.41) is 2.74. The molecule has 0 unspecified atom stereocenters. The Hall–Kier alpha value is -1.89. The predicted molar refractivity (Wildman–Crippen MR) is 76.7 cm³/mol. The van der Waals surface area contributed by atoms with Gasteiger partial charge < -0.3 is 20.5 Å². The number of ether oxygens (including phenoxy) is 2. The smallest absolute Gasteiger partial charge is 0.318 e. The van der Waals surface area contributed by atoms with Crippen LogP contribution < -0.4 is 15.8 Å². The average Bonchev–Trinajstić information content (AvgIpc) is 2.41. The number of rotatable bonds is 8. The second-order valence-corrected chi connectivity index (χ2v) is 4.34. The summed E-state index contributed by atoms with van der Waals surface area (Å²) in [7, 11) is 1.58. The van der Waals surface area contributed by atoms with Gasteiger partial charge in [0.2, 0.25) is 5.91 Å². The number of methoxy groups -OCH3 is 1. The van der Waals surface area contributed by atoms with Crippen LogP contribution in [0.4, 0.5) is 11.5 Å². The minimum Gasteiger partial charge on any atom is -0.461 e. The van der Waals surface area contributed by atoms with Crippen LogP contribution >= 0.6 is 0 Å². The lowest BCUT2D eigenvalue weighted by molar-refractivity contribution is -0.116. The Bertz CT molecular complexity index is 428. The van der Waals surface area contributed by atoms with E-state index in [-0.39, 0.29) is 17.7 Å². The maximum atomic E-state index is 11.7. The van der Waals surface area contributed by atoms with Gasteiger partial charge in [0, 0.05) is 13.5 Å². The minimum absolute atomic E-state index is 0.0849. The molecule has 3 N–H and O–H groups in total. The molecule has 7 heteroatoms. The Kier molecular flexibility index (Phi) is 6.72. The first-order valence-corrected chi connectivity index (χ1v) is 6.64. The number of amides is 1. The van der Waals surface area contributed by atoms with Gasteiger partial charge in [-0.25, -0.2) is 0 Å². The third kappa shape index (κ3) is 5.00. The Morgan fingerprint density at radius 3 is 2.70 bits per heavy atom. The molecule has 0 saturated carbocycles. The van der Waals surface area contributed by atoms with Crippen molar-refractivity contribution < 1.29 is 14.3 Å². The van der Waals surface area contributed by atoms with E-state index < -0.39 is 0 Å². The summed E-state index contributed by atoms with van der Waals surface area (Å²) in [5.41, 5.74) is 6.85. The monoisotopic (exact) mass is 282 g/mol. The number of hydrogen-bond donors (Lipinski definition) is 2. The highest BCUT2D eigenvalue weighted by molar-refractivity contribution is 5.93. The molecule has 20 heavy (non-hydrogen) atoms. The molecule has 0 aliphatic rings. The predicted octanol–water partition coefficient (Wildman–Crippen LogP) is 1.52. The van der Waals surface area contributed by atoms with Gasteiger partial charge in [-0.3, -0.25) is 4.79 Å². The Morgan fingerprint density at radius 1 is 1.35 bits per heavy atom. The molecule has 0 atom stereocenters. The summed E-state index contributed by atoms with van der Waals surface area (Å²) in [4.78, 5) is 19.9. The molecule has 0 radical (unpaired) electrons. The zero-order chi connectivity index (χ0) is 15.0. The van der Waals surface area contributed by atoms with Crippen molar-refractivity contribution in [3.8, 4) is 6.01 Å². The molecule has 112 valence electrons. The summed E-state index contributed by atoms with van der Waals surface area (Å²) >= 11 is 0. The van der Waals surface area contributed by atoms with Crippen molar-refractivity contribution >= 4 is 17.4 Å². The normalized spacial score (nSPS) is 10.3. The van der Waals surface area contributed by atoms with E-state index in [1.165, 1.54) is 0 Å². The minimum atomic E-state index is -0.0849. The standard InChI is InChI=1S/C13H22N4O3/c1-4-5-6-10(18)16-11-9(2)15-13(17-12(11)14)20-8-7-19-3/h4-8H2,1-3H3,(H,16,18)(H2,14,15,17). The third-order valence-electron chi connectivity index (χ3n) is 2.64. The van der Waals surface area contributed by atoms with Gasteiger partial charge in [0.1, 0.15) is 12.3 Å². The van der Waals surface area contributed by atoms with Gasteiger partial charge in [-0.2, -0.15) is 9.97 Å². The van der Waals surface area contributed by atoms with Crippen molar-refractivity contribution in [3.63, 3.8) is 0 Å². The van der Waals surface area contributed by atoms with Crippen LogP contribution in [0.5, 0.6) is 6.01 Å². The largest absolute Gasteiger partial charge is 0.461 e. The fraction of sp³-hybridized carbons (Fsp3) is 0.615. The van der Waals surface area contributed by atoms with Crippen LogP contribution in [0.2, 0.25) is 0 Å². The summed E-state index contributed by atoms with van der Waals surface area (Å²) in [6, 6.07) is 0.184. The number of nitrogens with two attached hydrogens (primary N) is 1. The maximum absolute atomic E-state index is 11.7. The van der Waals surface area contributed by atoms with Crippen molar-refractivity contribution in [3.05, 3.63) is 5.69 Å². The number of carbonyl (C=O) groups excluding carboxylic acids is 1. The molecular formula is C13H22N4O3. The second-order valence-electron chi connectivity index (χ2n) is 4.34. The number of aromatic nitrogens is 2. The van der Waals surface area contributed by atoms with E-state index in [0.717, 1.165) is 12.8 Å². The van der Waals surface area contributed by atoms with Crippen molar-refractivity contribution in [2.75, 3.05) is 31.4 Å². The van der Waals surface area contributed by atoms with E-state index in [1.54, 1.807) is 14.0 Å². The van der Waals surface area contributed by atoms with Gasteiger partial charge in [0.05, 0.1) is 12.3 Å². The molecule has 0 aliphatic carbocycles. The number of nitrogen functional groups attached to an aromatic ring is 1. The number of nitrogens with one attached hydrogen (secondary N) is 1. The summed E-state index contributed by atoms with van der Waals surface area (Å²) in [6.45, 7) is 4.56. The van der Waals surface area contributed by atoms with Crippen LogP contribution in [0.15, 0.2) is 0 Å². The highest BCUT2D eigenvalue weighted by Gasteiger charge is 2.12. The summed E-state index contributed by atoms with van der Waals surface area (Å²) in [5.74, 6) is 0.119. The lowest BCUT2D eigenvalue weighted by Gasteiger charge is -2.12. The molecule has 7 nitrogen and oxygen atoms in total. The molecule has 1 aromatic rings. The quantitative estimate of drug-likeness (QED) is 0.701. The van der Waals surface area contributed by atoms with E-state index in [2.05, 4.69) is 15.3 Å². The molecule has 1 aromatic heterocycles. The van der Waals surface area contributed by atoms with E-state index in [0.29, 0.717) is 31.0 Å². The summed E-state index contributed by atoms with van der Waals surface area (Å²) in [6.07, 6.45) is 2.26. The Balaban J connectivity index is 2.70. The van der Waals surface area contributed by atoms with E-state index in [1.807, 2.05) is 6.92 Å². The number of anilines is 2. The average molecular weight is 282 g/mol. The van der Waals surface area contributed by atoms with E-state index in [4.69, 9.17) is 15.2 Å². The van der Waals surface area contributed by atoms with Gasteiger partial charge in [-0.1, -0.05) is 13.3 Å². The first kappa shape index (κ1) is 16.2. The second kappa shape index (κ2) is 8.31. The lowest BCUT2D eigenvalue weighted by Crippen LogP contribution is -2.16. The molecule has 0 bridgehead atoms. The van der Waals surface area contributed by atoms with Crippen LogP contribution in [-0.2, 0) is 9.53 Å². The van der Waals surface area contributed by atoms with Gasteiger partial charge >= 0.3 is 6.01 Å². The molecule has 1 rings (SSSR count). The Labute approximate surface area is 118 Å². The van der Waals surface area contributed by atoms with Gasteiger partial charge in [0.15, 0.2) is 5.82 Å². The van der Waals surface area contributed by atoms with Crippen molar-refractivity contribution in [2.45, 2.75) is 33.1 Å². The number of hydrogen-bond acceptors (Lipinski definition) is 6. The number of nitrogens with zero attached hydrogens (tertiary/aromatic N) is 2. The van der Waals surface area contributed by atoms with Gasteiger partial charge in [-0.05, 0) is 13.3 Å². The molecule has 0 fully saturated rings. The number of aryl methyl sites for hydroxylation is 1.